The zero-order chi connectivity index (χ0) is 13.9. The van der Waals surface area contributed by atoms with Crippen LogP contribution in [0.15, 0.2) is 15.9 Å². The predicted molar refractivity (Wildman–Crippen MR) is 81.8 cm³/mol. The number of carbonyl (C=O) groups is 1. The Morgan fingerprint density at radius 1 is 1.53 bits per heavy atom. The average molecular weight is 346 g/mol. The van der Waals surface area contributed by atoms with E-state index in [2.05, 4.69) is 35.1 Å². The van der Waals surface area contributed by atoms with Crippen LogP contribution in [0.4, 0.5) is 0 Å². The summed E-state index contributed by atoms with van der Waals surface area (Å²) < 4.78 is 6.92. The van der Waals surface area contributed by atoms with Crippen molar-refractivity contribution >= 4 is 33.2 Å². The van der Waals surface area contributed by atoms with Gasteiger partial charge in [0, 0.05) is 12.6 Å². The largest absolute Gasteiger partial charge is 0.375 e. The Morgan fingerprint density at radius 2 is 2.26 bits per heavy atom. The van der Waals surface area contributed by atoms with E-state index in [-0.39, 0.29) is 17.6 Å². The van der Waals surface area contributed by atoms with E-state index >= 15 is 0 Å². The molecule has 106 valence electrons. The first-order valence-corrected chi connectivity index (χ1v) is 8.39. The Morgan fingerprint density at radius 3 is 2.84 bits per heavy atom. The van der Waals surface area contributed by atoms with Crippen LogP contribution in [0.25, 0.3) is 0 Å². The second-order valence-electron chi connectivity index (χ2n) is 5.01. The minimum absolute atomic E-state index is 0.0312. The van der Waals surface area contributed by atoms with Crippen LogP contribution < -0.4 is 5.32 Å². The third kappa shape index (κ3) is 3.58. The molecule has 0 radical (unpaired) electrons. The van der Waals surface area contributed by atoms with Crippen LogP contribution in [-0.2, 0) is 4.74 Å². The van der Waals surface area contributed by atoms with Gasteiger partial charge in [0.05, 0.1) is 14.3 Å². The van der Waals surface area contributed by atoms with E-state index in [9.17, 15) is 4.79 Å². The molecule has 1 aliphatic rings. The van der Waals surface area contributed by atoms with Crippen LogP contribution in [-0.4, -0.2) is 24.2 Å². The maximum Gasteiger partial charge on any atom is 0.261 e. The lowest BCUT2D eigenvalue weighted by molar-refractivity contribution is -0.0917. The van der Waals surface area contributed by atoms with E-state index in [4.69, 9.17) is 4.74 Å². The molecule has 0 spiro atoms. The number of ether oxygens (including phenoxy) is 1. The number of hydrogen-bond acceptors (Lipinski definition) is 3. The molecule has 2 heterocycles. The molecule has 1 unspecified atom stereocenters. The highest BCUT2D eigenvalue weighted by Gasteiger charge is 2.35. The zero-order valence-electron chi connectivity index (χ0n) is 11.4. The maximum atomic E-state index is 12.2. The molecule has 1 aromatic rings. The Bertz CT molecular complexity index is 442. The highest BCUT2D eigenvalue weighted by atomic mass is 79.9. The summed E-state index contributed by atoms with van der Waals surface area (Å²) in [5.41, 5.74) is -0.0494. The summed E-state index contributed by atoms with van der Waals surface area (Å²) >= 11 is 4.85. The summed E-state index contributed by atoms with van der Waals surface area (Å²) in [7, 11) is 0. The molecule has 1 fully saturated rings. The van der Waals surface area contributed by atoms with Gasteiger partial charge in [-0.2, -0.15) is 0 Å². The summed E-state index contributed by atoms with van der Waals surface area (Å²) in [5, 5.41) is 3.14. The summed E-state index contributed by atoms with van der Waals surface area (Å²) in [6.07, 6.45) is 3.82. The molecule has 1 aliphatic heterocycles. The van der Waals surface area contributed by atoms with E-state index in [1.807, 2.05) is 12.1 Å². The van der Waals surface area contributed by atoms with Crippen LogP contribution in [0.5, 0.6) is 0 Å². The van der Waals surface area contributed by atoms with Crippen LogP contribution in [0.2, 0.25) is 0 Å². The predicted octanol–water partition coefficient (Wildman–Crippen LogP) is 3.98. The summed E-state index contributed by atoms with van der Waals surface area (Å²) in [5.74, 6) is 0.0312. The van der Waals surface area contributed by atoms with Crippen molar-refractivity contribution in [3.05, 3.63) is 20.8 Å². The van der Waals surface area contributed by atoms with E-state index in [0.717, 1.165) is 41.0 Å². The minimum Gasteiger partial charge on any atom is -0.375 e. The number of thiophene rings is 1. The van der Waals surface area contributed by atoms with Gasteiger partial charge in [-0.05, 0) is 53.7 Å². The third-order valence-electron chi connectivity index (χ3n) is 3.91. The van der Waals surface area contributed by atoms with Gasteiger partial charge in [0.2, 0.25) is 0 Å². The Balaban J connectivity index is 1.97. The molecule has 1 saturated heterocycles. The maximum absolute atomic E-state index is 12.2. The van der Waals surface area contributed by atoms with Gasteiger partial charge in [-0.3, -0.25) is 4.79 Å². The van der Waals surface area contributed by atoms with Crippen molar-refractivity contribution in [1.29, 1.82) is 0 Å². The minimum atomic E-state index is -0.0494. The number of hydrogen-bond donors (Lipinski definition) is 1. The molecule has 0 saturated carbocycles. The average Bonchev–Trinajstić information content (AvgIpc) is 2.85. The molecule has 0 aliphatic carbocycles. The lowest BCUT2D eigenvalue weighted by atomic mass is 9.86. The SMILES string of the molecule is CCC1(CC)CC(NC(=O)c2ccc(Br)s2)CCO1. The van der Waals surface area contributed by atoms with E-state index in [1.54, 1.807) is 0 Å². The van der Waals surface area contributed by atoms with Gasteiger partial charge in [-0.1, -0.05) is 13.8 Å². The van der Waals surface area contributed by atoms with Gasteiger partial charge in [-0.25, -0.2) is 0 Å². The first kappa shape index (κ1) is 15.0. The van der Waals surface area contributed by atoms with Gasteiger partial charge < -0.3 is 10.1 Å². The Kier molecular flexibility index (Phi) is 5.03. The van der Waals surface area contributed by atoms with Gasteiger partial charge in [0.1, 0.15) is 0 Å². The second-order valence-corrected chi connectivity index (χ2v) is 7.47. The van der Waals surface area contributed by atoms with E-state index < -0.39 is 0 Å². The normalized spacial score (nSPS) is 22.2. The third-order valence-corrected chi connectivity index (χ3v) is 5.54. The molecule has 1 aromatic heterocycles. The van der Waals surface area contributed by atoms with Crippen LogP contribution in [0, 0.1) is 0 Å². The number of rotatable bonds is 4. The standard InChI is InChI=1S/C14H20BrNO2S/c1-3-14(4-2)9-10(7-8-18-14)16-13(17)11-5-6-12(15)19-11/h5-6,10H,3-4,7-9H2,1-2H3,(H,16,17). The highest BCUT2D eigenvalue weighted by Crippen LogP contribution is 2.31. The van der Waals surface area contributed by atoms with E-state index in [0.29, 0.717) is 0 Å². The molecule has 2 rings (SSSR count). The number of halogens is 1. The summed E-state index contributed by atoms with van der Waals surface area (Å²) in [6, 6.07) is 3.99. The lowest BCUT2D eigenvalue weighted by Crippen LogP contribution is -2.48. The molecule has 1 amide bonds. The van der Waals surface area contributed by atoms with Crippen molar-refractivity contribution in [1.82, 2.24) is 5.32 Å². The quantitative estimate of drug-likeness (QED) is 0.896. The van der Waals surface area contributed by atoms with Crippen LogP contribution in [0.1, 0.15) is 49.2 Å². The molecule has 5 heteroatoms. The van der Waals surface area contributed by atoms with Gasteiger partial charge >= 0.3 is 0 Å². The molecule has 1 atom stereocenters. The first-order chi connectivity index (χ1) is 9.08. The fraction of sp³-hybridized carbons (Fsp3) is 0.643. The Hall–Kier alpha value is -0.390. The molecule has 3 nitrogen and oxygen atoms in total. The Labute approximate surface area is 126 Å². The zero-order valence-corrected chi connectivity index (χ0v) is 13.8. The molecular weight excluding hydrogens is 326 g/mol. The summed E-state index contributed by atoms with van der Waals surface area (Å²) in [4.78, 5) is 12.9. The van der Waals surface area contributed by atoms with Gasteiger partial charge in [-0.15, -0.1) is 11.3 Å². The van der Waals surface area contributed by atoms with Crippen molar-refractivity contribution in [3.63, 3.8) is 0 Å². The molecule has 1 N–H and O–H groups in total. The monoisotopic (exact) mass is 345 g/mol. The van der Waals surface area contributed by atoms with Crippen LogP contribution in [0.3, 0.4) is 0 Å². The fourth-order valence-electron chi connectivity index (χ4n) is 2.59. The molecule has 0 bridgehead atoms. The van der Waals surface area contributed by atoms with Crippen molar-refractivity contribution in [2.75, 3.05) is 6.61 Å². The first-order valence-electron chi connectivity index (χ1n) is 6.78. The molecular formula is C14H20BrNO2S. The van der Waals surface area contributed by atoms with Crippen molar-refractivity contribution in [2.24, 2.45) is 0 Å². The van der Waals surface area contributed by atoms with Gasteiger partial charge in [0.25, 0.3) is 5.91 Å². The van der Waals surface area contributed by atoms with Gasteiger partial charge in [0.15, 0.2) is 0 Å². The highest BCUT2D eigenvalue weighted by molar-refractivity contribution is 9.11. The summed E-state index contributed by atoms with van der Waals surface area (Å²) in [6.45, 7) is 5.05. The van der Waals surface area contributed by atoms with Crippen molar-refractivity contribution in [2.45, 2.75) is 51.2 Å². The van der Waals surface area contributed by atoms with Crippen molar-refractivity contribution in [3.8, 4) is 0 Å². The molecule has 19 heavy (non-hydrogen) atoms. The van der Waals surface area contributed by atoms with Crippen molar-refractivity contribution < 1.29 is 9.53 Å². The number of amides is 1. The smallest absolute Gasteiger partial charge is 0.261 e. The fourth-order valence-corrected chi connectivity index (χ4v) is 3.88. The number of nitrogens with one attached hydrogen (secondary N) is 1. The molecule has 0 aromatic carbocycles. The number of carbonyl (C=O) groups excluding carboxylic acids is 1. The lowest BCUT2D eigenvalue weighted by Gasteiger charge is -2.40. The van der Waals surface area contributed by atoms with Crippen LogP contribution >= 0.6 is 27.3 Å². The topological polar surface area (TPSA) is 38.3 Å². The van der Waals surface area contributed by atoms with E-state index in [1.165, 1.54) is 11.3 Å². The second kappa shape index (κ2) is 6.37.